The Morgan fingerprint density at radius 1 is 0.226 bits per heavy atom. The van der Waals surface area contributed by atoms with Gasteiger partial charge in [0.05, 0.1) is 0 Å². The summed E-state index contributed by atoms with van der Waals surface area (Å²) in [6.45, 7) is 62.6. The number of hydrogen-bond acceptors (Lipinski definition) is 13. The standard InChI is InChI=1S/4C14H24N2.C13H21N.2C12H20N2/c1-11(2)5-7-13-9-15-10-16-14(13)8-6-12(3)4;1-11(2)5-7-13-9-14(16-10-15-13)8-6-12(3)4;1-11(2)5-7-13-9-15-14(16-10-13)8-6-12(3)4;1-11(2)5-7-13-9-10-15-14(16-13)8-6-12(3)4;1-10(2)7-12-5-6-13(14-9-12)8-11(3)4;1-9(2)5-11-7-13-8-14-12(11)6-10(3)4;1-9(2)7-11-5-6-13-12(14-11)8-10(3)4/h4*9-12H,5-8H2,1-4H3;5-6,9-11H,7-8H2,1-4H3;7-10H,5-6H2,1-4H3;5-6,9-10H,7-8H2,1-4H3. The smallest absolute Gasteiger partial charge is 0.128 e. The maximum absolute atomic E-state index is 4.61. The summed E-state index contributed by atoms with van der Waals surface area (Å²) in [5.41, 5.74) is 13.7. The zero-order chi connectivity index (χ0) is 79.5. The molecule has 0 bridgehead atoms. The van der Waals surface area contributed by atoms with Gasteiger partial charge < -0.3 is 0 Å². The first kappa shape index (κ1) is 97.6. The zero-order valence-corrected chi connectivity index (χ0v) is 73.1. The van der Waals surface area contributed by atoms with Crippen molar-refractivity contribution in [3.63, 3.8) is 0 Å². The van der Waals surface area contributed by atoms with Gasteiger partial charge in [0.1, 0.15) is 36.5 Å². The second-order valence-corrected chi connectivity index (χ2v) is 35.6. The Labute approximate surface area is 651 Å². The second kappa shape index (κ2) is 57.7. The van der Waals surface area contributed by atoms with Gasteiger partial charge in [-0.25, -0.2) is 59.8 Å². The average Bonchev–Trinajstić information content (AvgIpc) is 0.928. The Morgan fingerprint density at radius 2 is 0.623 bits per heavy atom. The molecule has 0 N–H and O–H groups in total. The normalized spacial score (nSPS) is 11.3. The lowest BCUT2D eigenvalue weighted by molar-refractivity contribution is 0.564. The first-order valence-corrected chi connectivity index (χ1v) is 41.8. The minimum atomic E-state index is 0.629. The molecule has 0 aliphatic rings. The van der Waals surface area contributed by atoms with Crippen LogP contribution in [0.15, 0.2) is 92.7 Å². The molecule has 0 spiro atoms. The molecule has 0 fully saturated rings. The van der Waals surface area contributed by atoms with Crippen molar-refractivity contribution in [2.75, 3.05) is 0 Å². The molecule has 7 aromatic heterocycles. The number of rotatable bonds is 36. The Bertz CT molecular complexity index is 2970. The van der Waals surface area contributed by atoms with Crippen molar-refractivity contribution in [2.24, 2.45) is 82.9 Å². The van der Waals surface area contributed by atoms with Crippen molar-refractivity contribution >= 4 is 0 Å². The maximum Gasteiger partial charge on any atom is 0.128 e. The van der Waals surface area contributed by atoms with E-state index in [1.807, 2.05) is 55.5 Å². The van der Waals surface area contributed by atoms with Crippen LogP contribution < -0.4 is 0 Å². The van der Waals surface area contributed by atoms with Gasteiger partial charge in [-0.2, -0.15) is 0 Å². The Hall–Kier alpha value is -6.37. The highest BCUT2D eigenvalue weighted by Gasteiger charge is 2.12. The van der Waals surface area contributed by atoms with Gasteiger partial charge in [-0.3, -0.25) is 4.98 Å². The van der Waals surface area contributed by atoms with Crippen molar-refractivity contribution in [1.82, 2.24) is 64.8 Å². The van der Waals surface area contributed by atoms with Gasteiger partial charge in [0.15, 0.2) is 0 Å². The molecule has 106 heavy (non-hydrogen) atoms. The number of hydrogen-bond donors (Lipinski definition) is 0. The summed E-state index contributed by atoms with van der Waals surface area (Å²) in [4.78, 5) is 56.7. The van der Waals surface area contributed by atoms with Crippen LogP contribution in [0.4, 0.5) is 0 Å². The zero-order valence-electron chi connectivity index (χ0n) is 73.1. The van der Waals surface area contributed by atoms with Crippen LogP contribution in [0, 0.1) is 82.9 Å². The summed E-state index contributed by atoms with van der Waals surface area (Å²) in [6, 6.07) is 10.6. The largest absolute Gasteiger partial charge is 0.261 e. The van der Waals surface area contributed by atoms with E-state index in [4.69, 9.17) is 0 Å². The molecule has 13 nitrogen and oxygen atoms in total. The van der Waals surface area contributed by atoms with Crippen LogP contribution in [0.3, 0.4) is 0 Å². The minimum Gasteiger partial charge on any atom is -0.261 e. The summed E-state index contributed by atoms with van der Waals surface area (Å²) < 4.78 is 0. The van der Waals surface area contributed by atoms with Gasteiger partial charge in [-0.15, -0.1) is 0 Å². The number of pyridine rings is 1. The molecule has 0 unspecified atom stereocenters. The van der Waals surface area contributed by atoms with E-state index in [2.05, 4.69) is 277 Å². The summed E-state index contributed by atoms with van der Waals surface area (Å²) in [5, 5.41) is 0. The van der Waals surface area contributed by atoms with Crippen LogP contribution in [0.5, 0.6) is 0 Å². The third-order valence-electron chi connectivity index (χ3n) is 17.2. The highest BCUT2D eigenvalue weighted by atomic mass is 14.9. The van der Waals surface area contributed by atoms with Crippen LogP contribution >= 0.6 is 0 Å². The molecule has 13 heteroatoms. The van der Waals surface area contributed by atoms with E-state index in [9.17, 15) is 0 Å². The van der Waals surface area contributed by atoms with E-state index < -0.39 is 0 Å². The van der Waals surface area contributed by atoms with E-state index in [-0.39, 0.29) is 0 Å². The summed E-state index contributed by atoms with van der Waals surface area (Å²) >= 11 is 0. The minimum absolute atomic E-state index is 0.629. The van der Waals surface area contributed by atoms with Crippen LogP contribution in [0.25, 0.3) is 0 Å². The van der Waals surface area contributed by atoms with E-state index >= 15 is 0 Å². The Kier molecular flexibility index (Phi) is 53.2. The van der Waals surface area contributed by atoms with Crippen LogP contribution in [0.1, 0.15) is 325 Å². The number of nitrogens with zero attached hydrogens (tertiary/aromatic N) is 13. The summed E-state index contributed by atoms with van der Waals surface area (Å²) in [5.74, 6) is 12.9. The molecule has 0 aliphatic carbocycles. The molecule has 0 atom stereocenters. The van der Waals surface area contributed by atoms with Crippen molar-refractivity contribution in [2.45, 2.75) is 335 Å². The quantitative estimate of drug-likeness (QED) is 0.0364. The third-order valence-corrected chi connectivity index (χ3v) is 17.2. The molecule has 0 saturated heterocycles. The van der Waals surface area contributed by atoms with Crippen molar-refractivity contribution < 1.29 is 0 Å². The van der Waals surface area contributed by atoms with Gasteiger partial charge in [0.25, 0.3) is 0 Å². The van der Waals surface area contributed by atoms with Gasteiger partial charge in [-0.05, 0) is 251 Å². The topological polar surface area (TPSA) is 168 Å². The lowest BCUT2D eigenvalue weighted by Gasteiger charge is -2.11. The highest BCUT2D eigenvalue weighted by molar-refractivity contribution is 5.19. The maximum atomic E-state index is 4.61. The van der Waals surface area contributed by atoms with Gasteiger partial charge in [0, 0.05) is 102 Å². The number of aryl methyl sites for hydroxylation is 8. The SMILES string of the molecule is CC(C)CCc1cc(CCC(C)C)ncn1.CC(C)CCc1ccnc(CCC(C)C)n1.CC(C)CCc1cnc(CCC(C)C)nc1.CC(C)CCc1cncnc1CCC(C)C.CC(C)Cc1ccc(CC(C)C)nc1.CC(C)Cc1ccnc(CC(C)C)n1.CC(C)Cc1cncnc1CC(C)C. The molecular formula is C93H157N13. The molecule has 594 valence electrons. The molecule has 0 radical (unpaired) electrons. The van der Waals surface area contributed by atoms with Crippen LogP contribution in [-0.4, -0.2) is 64.8 Å². The highest BCUT2D eigenvalue weighted by Crippen LogP contribution is 2.19. The average molecular weight is 1460 g/mol. The molecule has 0 aliphatic heterocycles. The summed E-state index contributed by atoms with van der Waals surface area (Å²) in [6.07, 6.45) is 43.4. The second-order valence-electron chi connectivity index (χ2n) is 35.6. The molecule has 0 aromatic carbocycles. The van der Waals surface area contributed by atoms with Crippen molar-refractivity contribution in [3.8, 4) is 0 Å². The molecule has 7 aromatic rings. The molecule has 7 rings (SSSR count). The Balaban J connectivity index is 0.000000619. The first-order valence-electron chi connectivity index (χ1n) is 41.8. The van der Waals surface area contributed by atoms with Crippen LogP contribution in [-0.2, 0) is 89.9 Å². The molecule has 0 saturated carbocycles. The lowest BCUT2D eigenvalue weighted by atomic mass is 9.98. The third kappa shape index (κ3) is 54.2. The fourth-order valence-electron chi connectivity index (χ4n) is 10.9. The predicted octanol–water partition coefficient (Wildman–Crippen LogP) is 23.8. The predicted molar refractivity (Wildman–Crippen MR) is 453 cm³/mol. The monoisotopic (exact) mass is 1460 g/mol. The summed E-state index contributed by atoms with van der Waals surface area (Å²) in [7, 11) is 0. The van der Waals surface area contributed by atoms with Gasteiger partial charge >= 0.3 is 0 Å². The van der Waals surface area contributed by atoms with Gasteiger partial charge in [0.2, 0.25) is 0 Å². The Morgan fingerprint density at radius 3 is 1.10 bits per heavy atom. The molecular weight excluding hydrogens is 1300 g/mol. The first-order chi connectivity index (χ1) is 50.1. The lowest BCUT2D eigenvalue weighted by Crippen LogP contribution is -2.05. The molecule has 7 heterocycles. The molecule has 0 amide bonds. The van der Waals surface area contributed by atoms with Gasteiger partial charge in [-0.1, -0.05) is 200 Å². The fraction of sp³-hybridized carbons (Fsp3) is 0.688. The fourth-order valence-corrected chi connectivity index (χ4v) is 10.9. The van der Waals surface area contributed by atoms with E-state index in [0.717, 1.165) is 155 Å². The van der Waals surface area contributed by atoms with Crippen molar-refractivity contribution in [1.29, 1.82) is 0 Å². The van der Waals surface area contributed by atoms with Crippen LogP contribution in [0.2, 0.25) is 0 Å². The van der Waals surface area contributed by atoms with E-state index in [0.29, 0.717) is 35.5 Å². The van der Waals surface area contributed by atoms with E-state index in [1.54, 1.807) is 19.0 Å². The van der Waals surface area contributed by atoms with Crippen molar-refractivity contribution in [3.05, 3.63) is 172 Å². The number of aromatic nitrogens is 13. The van der Waals surface area contributed by atoms with E-state index in [1.165, 1.54) is 113 Å².